The molecule has 5 heteroatoms. The second-order valence-corrected chi connectivity index (χ2v) is 8.69. The van der Waals surface area contributed by atoms with Crippen LogP contribution in [0.15, 0.2) is 57.9 Å². The monoisotopic (exact) mass is 385 g/mol. The molecule has 146 valence electrons. The van der Waals surface area contributed by atoms with Crippen LogP contribution in [0.5, 0.6) is 0 Å². The quantitative estimate of drug-likeness (QED) is 0.402. The van der Waals surface area contributed by atoms with Crippen molar-refractivity contribution in [2.24, 2.45) is 14.1 Å². The highest BCUT2D eigenvalue weighted by Crippen LogP contribution is 2.38. The highest BCUT2D eigenvalue weighted by Gasteiger charge is 2.22. The van der Waals surface area contributed by atoms with Crippen LogP contribution in [0.1, 0.15) is 26.3 Å². The predicted molar refractivity (Wildman–Crippen MR) is 117 cm³/mol. The number of rotatable bonds is 1. The van der Waals surface area contributed by atoms with Gasteiger partial charge in [-0.05, 0) is 39.9 Å². The molecule has 0 radical (unpaired) electrons. The maximum Gasteiger partial charge on any atom is 0.331 e. The lowest BCUT2D eigenvalue weighted by molar-refractivity contribution is 0.596. The summed E-state index contributed by atoms with van der Waals surface area (Å²) in [7, 11) is 3.50. The third-order valence-corrected chi connectivity index (χ3v) is 5.72. The molecular formula is C24H23N3O2. The average Bonchev–Trinajstić information content (AvgIpc) is 3.18. The van der Waals surface area contributed by atoms with Crippen LogP contribution in [0.3, 0.4) is 0 Å². The summed E-state index contributed by atoms with van der Waals surface area (Å²) in [4.78, 5) is 17.0. The molecule has 0 fully saturated rings. The van der Waals surface area contributed by atoms with Gasteiger partial charge in [-0.1, -0.05) is 45.0 Å². The molecule has 0 spiro atoms. The molecule has 5 rings (SSSR count). The first-order valence-corrected chi connectivity index (χ1v) is 9.74. The summed E-state index contributed by atoms with van der Waals surface area (Å²) in [6, 6.07) is 14.7. The Bertz CT molecular complexity index is 1480. The second-order valence-electron chi connectivity index (χ2n) is 8.69. The zero-order valence-electron chi connectivity index (χ0n) is 17.3. The lowest BCUT2D eigenvalue weighted by Crippen LogP contribution is -2.19. The Morgan fingerprint density at radius 2 is 1.72 bits per heavy atom. The van der Waals surface area contributed by atoms with Crippen LogP contribution in [0.4, 0.5) is 0 Å². The molecule has 0 saturated carbocycles. The number of aryl methyl sites for hydroxylation is 2. The predicted octanol–water partition coefficient (Wildman–Crippen LogP) is 5.14. The Morgan fingerprint density at radius 1 is 0.966 bits per heavy atom. The normalized spacial score (nSPS) is 12.4. The van der Waals surface area contributed by atoms with E-state index in [1.807, 2.05) is 6.07 Å². The average molecular weight is 385 g/mol. The first kappa shape index (κ1) is 17.7. The van der Waals surface area contributed by atoms with Crippen LogP contribution in [0, 0.1) is 0 Å². The molecule has 0 aliphatic rings. The number of benzene rings is 2. The number of nitrogens with zero attached hydrogens (tertiary/aromatic N) is 3. The van der Waals surface area contributed by atoms with Crippen molar-refractivity contribution in [1.82, 2.24) is 14.1 Å². The van der Waals surface area contributed by atoms with Crippen LogP contribution >= 0.6 is 0 Å². The number of fused-ring (bicyclic) bond motifs is 4. The minimum absolute atomic E-state index is 0.0126. The van der Waals surface area contributed by atoms with Crippen molar-refractivity contribution in [3.05, 3.63) is 64.7 Å². The molecule has 0 unspecified atom stereocenters. The van der Waals surface area contributed by atoms with Gasteiger partial charge in [0.1, 0.15) is 11.2 Å². The van der Waals surface area contributed by atoms with Gasteiger partial charge in [-0.25, -0.2) is 4.79 Å². The third-order valence-electron chi connectivity index (χ3n) is 5.72. The van der Waals surface area contributed by atoms with Crippen LogP contribution in [-0.2, 0) is 19.5 Å². The van der Waals surface area contributed by atoms with Crippen molar-refractivity contribution in [1.29, 1.82) is 0 Å². The first-order valence-electron chi connectivity index (χ1n) is 9.74. The molecule has 0 aliphatic carbocycles. The van der Waals surface area contributed by atoms with Crippen molar-refractivity contribution in [2.75, 3.05) is 0 Å². The van der Waals surface area contributed by atoms with E-state index in [2.05, 4.69) is 62.2 Å². The zero-order valence-corrected chi connectivity index (χ0v) is 17.3. The Labute approximate surface area is 168 Å². The highest BCUT2D eigenvalue weighted by molar-refractivity contribution is 6.07. The van der Waals surface area contributed by atoms with E-state index in [9.17, 15) is 4.79 Å². The van der Waals surface area contributed by atoms with Crippen molar-refractivity contribution < 1.29 is 4.42 Å². The molecule has 2 aromatic carbocycles. The Kier molecular flexibility index (Phi) is 3.57. The van der Waals surface area contributed by atoms with E-state index in [1.54, 1.807) is 29.4 Å². The molecule has 0 bridgehead atoms. The van der Waals surface area contributed by atoms with Gasteiger partial charge in [-0.15, -0.1) is 0 Å². The number of imidazole rings is 1. The lowest BCUT2D eigenvalue weighted by atomic mass is 9.82. The molecule has 0 saturated heterocycles. The van der Waals surface area contributed by atoms with Crippen molar-refractivity contribution in [2.45, 2.75) is 26.2 Å². The summed E-state index contributed by atoms with van der Waals surface area (Å²) in [5.41, 5.74) is 5.05. The van der Waals surface area contributed by atoms with Gasteiger partial charge < -0.3 is 4.42 Å². The molecular weight excluding hydrogens is 362 g/mol. The van der Waals surface area contributed by atoms with Crippen molar-refractivity contribution >= 4 is 33.0 Å². The van der Waals surface area contributed by atoms with E-state index < -0.39 is 0 Å². The summed E-state index contributed by atoms with van der Waals surface area (Å²) in [6.45, 7) is 6.68. The smallest absolute Gasteiger partial charge is 0.331 e. The molecule has 0 amide bonds. The molecule has 3 aromatic heterocycles. The fourth-order valence-corrected chi connectivity index (χ4v) is 4.23. The number of hydrogen-bond acceptors (Lipinski definition) is 3. The topological polar surface area (TPSA) is 53.0 Å². The van der Waals surface area contributed by atoms with Crippen LogP contribution in [0.2, 0.25) is 0 Å². The molecule has 5 aromatic rings. The fourth-order valence-electron chi connectivity index (χ4n) is 4.23. The summed E-state index contributed by atoms with van der Waals surface area (Å²) in [6.07, 6.45) is 1.79. The third kappa shape index (κ3) is 2.47. The maximum absolute atomic E-state index is 12.3. The fraction of sp³-hybridized carbons (Fsp3) is 0.250. The summed E-state index contributed by atoms with van der Waals surface area (Å²) >= 11 is 0. The van der Waals surface area contributed by atoms with Crippen LogP contribution < -0.4 is 5.69 Å². The van der Waals surface area contributed by atoms with Gasteiger partial charge in [-0.3, -0.25) is 14.1 Å². The van der Waals surface area contributed by atoms with Gasteiger partial charge in [0.25, 0.3) is 0 Å². The van der Waals surface area contributed by atoms with Gasteiger partial charge in [-0.2, -0.15) is 0 Å². The summed E-state index contributed by atoms with van der Waals surface area (Å²) in [5.74, 6) is 0. The number of hydrogen-bond donors (Lipinski definition) is 0. The van der Waals surface area contributed by atoms with Crippen molar-refractivity contribution in [3.63, 3.8) is 0 Å². The molecule has 5 nitrogen and oxygen atoms in total. The SMILES string of the molecule is Cn1c(=O)n(C)c2c3ccnc(-c4cc(C(C)(C)C)c5ccccc5c4)c3oc21. The minimum atomic E-state index is -0.0975. The molecule has 0 atom stereocenters. The molecule has 0 N–H and O–H groups in total. The van der Waals surface area contributed by atoms with Gasteiger partial charge in [0.15, 0.2) is 5.58 Å². The Hall–Kier alpha value is -3.34. The van der Waals surface area contributed by atoms with E-state index in [0.717, 1.165) is 22.2 Å². The highest BCUT2D eigenvalue weighted by atomic mass is 16.3. The van der Waals surface area contributed by atoms with Gasteiger partial charge in [0, 0.05) is 25.9 Å². The van der Waals surface area contributed by atoms with E-state index in [0.29, 0.717) is 11.3 Å². The van der Waals surface area contributed by atoms with Crippen molar-refractivity contribution in [3.8, 4) is 11.3 Å². The molecule has 0 aliphatic heterocycles. The Balaban J connectivity index is 1.88. The number of furan rings is 1. The maximum atomic E-state index is 12.3. The largest absolute Gasteiger partial charge is 0.435 e. The van der Waals surface area contributed by atoms with E-state index >= 15 is 0 Å². The second kappa shape index (κ2) is 5.83. The van der Waals surface area contributed by atoms with Crippen LogP contribution in [0.25, 0.3) is 44.2 Å². The zero-order chi connectivity index (χ0) is 20.5. The standard InChI is InChI=1S/C24H23N3O2/c1-24(2,3)18-13-15(12-14-8-6-7-9-16(14)18)19-21-17(10-11-25-19)20-22(29-21)27(5)23(28)26(20)4/h6-13H,1-5H3. The lowest BCUT2D eigenvalue weighted by Gasteiger charge is -2.22. The molecule has 29 heavy (non-hydrogen) atoms. The van der Waals surface area contributed by atoms with E-state index in [4.69, 9.17) is 4.42 Å². The van der Waals surface area contributed by atoms with Gasteiger partial charge >= 0.3 is 5.69 Å². The minimum Gasteiger partial charge on any atom is -0.435 e. The van der Waals surface area contributed by atoms with Crippen LogP contribution in [-0.4, -0.2) is 14.1 Å². The van der Waals surface area contributed by atoms with E-state index in [1.165, 1.54) is 16.3 Å². The number of pyridine rings is 1. The van der Waals surface area contributed by atoms with Gasteiger partial charge in [0.2, 0.25) is 5.71 Å². The van der Waals surface area contributed by atoms with Gasteiger partial charge in [0.05, 0.1) is 5.39 Å². The van der Waals surface area contributed by atoms with E-state index in [-0.39, 0.29) is 11.1 Å². The first-order chi connectivity index (χ1) is 13.8. The summed E-state index contributed by atoms with van der Waals surface area (Å²) in [5, 5.41) is 3.33. The molecule has 3 heterocycles. The number of aromatic nitrogens is 3. The summed E-state index contributed by atoms with van der Waals surface area (Å²) < 4.78 is 9.36. The Morgan fingerprint density at radius 3 is 2.48 bits per heavy atom.